The molecule has 6 nitrogen and oxygen atoms in total. The van der Waals surface area contributed by atoms with E-state index in [2.05, 4.69) is 5.32 Å². The van der Waals surface area contributed by atoms with Crippen LogP contribution in [-0.2, 0) is 27.3 Å². The summed E-state index contributed by atoms with van der Waals surface area (Å²) in [5.41, 5.74) is 2.79. The zero-order chi connectivity index (χ0) is 26.5. The fraction of sp³-hybridized carbons (Fsp3) is 0.355. The summed E-state index contributed by atoms with van der Waals surface area (Å²) < 4.78 is 10.9. The highest BCUT2D eigenvalue weighted by atomic mass is 16.5. The SMILES string of the molecule is COc1ccc(CN(C(=O)CCc2ccccc2)C(C(=O)NCCCOC(C)C)c2ccccc2)cc1. The van der Waals surface area contributed by atoms with Crippen LogP contribution in [0.15, 0.2) is 84.9 Å². The van der Waals surface area contributed by atoms with Crippen molar-refractivity contribution in [3.05, 3.63) is 102 Å². The van der Waals surface area contributed by atoms with Crippen molar-refractivity contribution in [1.29, 1.82) is 0 Å². The fourth-order valence-electron chi connectivity index (χ4n) is 4.10. The van der Waals surface area contributed by atoms with E-state index in [4.69, 9.17) is 9.47 Å². The van der Waals surface area contributed by atoms with Gasteiger partial charge in [-0.05, 0) is 55.5 Å². The Balaban J connectivity index is 1.84. The molecule has 0 aliphatic rings. The molecule has 1 N–H and O–H groups in total. The fourth-order valence-corrected chi connectivity index (χ4v) is 4.10. The number of rotatable bonds is 14. The number of hydrogen-bond acceptors (Lipinski definition) is 4. The lowest BCUT2D eigenvalue weighted by molar-refractivity contribution is -0.141. The summed E-state index contributed by atoms with van der Waals surface area (Å²) in [5.74, 6) is 0.468. The highest BCUT2D eigenvalue weighted by molar-refractivity contribution is 5.88. The van der Waals surface area contributed by atoms with E-state index in [0.717, 1.165) is 22.4 Å². The molecule has 0 aliphatic heterocycles. The van der Waals surface area contributed by atoms with Gasteiger partial charge in [0.05, 0.1) is 13.2 Å². The van der Waals surface area contributed by atoms with Gasteiger partial charge < -0.3 is 19.7 Å². The Kier molecular flexibility index (Phi) is 11.2. The Hall–Kier alpha value is -3.64. The third kappa shape index (κ3) is 9.07. The molecular formula is C31H38N2O4. The maximum Gasteiger partial charge on any atom is 0.247 e. The quantitative estimate of drug-likeness (QED) is 0.303. The van der Waals surface area contributed by atoms with Crippen molar-refractivity contribution in [3.8, 4) is 5.75 Å². The first-order valence-electron chi connectivity index (χ1n) is 12.9. The van der Waals surface area contributed by atoms with Crippen molar-refractivity contribution in [2.24, 2.45) is 0 Å². The zero-order valence-corrected chi connectivity index (χ0v) is 22.1. The summed E-state index contributed by atoms with van der Waals surface area (Å²) in [7, 11) is 1.62. The van der Waals surface area contributed by atoms with Crippen LogP contribution in [0.2, 0.25) is 0 Å². The highest BCUT2D eigenvalue weighted by Crippen LogP contribution is 2.26. The highest BCUT2D eigenvalue weighted by Gasteiger charge is 2.31. The monoisotopic (exact) mass is 502 g/mol. The van der Waals surface area contributed by atoms with Crippen LogP contribution in [0.4, 0.5) is 0 Å². The standard InChI is InChI=1S/C31H38N2O4/c1-24(2)37-22-10-21-32-31(35)30(27-13-8-5-9-14-27)33(23-26-15-18-28(36-3)19-16-26)29(34)20-17-25-11-6-4-7-12-25/h4-9,11-16,18-19,24,30H,10,17,20-23H2,1-3H3,(H,32,35). The van der Waals surface area contributed by atoms with E-state index in [1.165, 1.54) is 0 Å². The first-order chi connectivity index (χ1) is 18.0. The van der Waals surface area contributed by atoms with Gasteiger partial charge in [0.1, 0.15) is 11.8 Å². The van der Waals surface area contributed by atoms with E-state index in [1.54, 1.807) is 12.0 Å². The van der Waals surface area contributed by atoms with E-state index < -0.39 is 6.04 Å². The summed E-state index contributed by atoms with van der Waals surface area (Å²) in [5, 5.41) is 3.04. The van der Waals surface area contributed by atoms with Gasteiger partial charge in [-0.1, -0.05) is 72.8 Å². The van der Waals surface area contributed by atoms with Gasteiger partial charge in [0, 0.05) is 26.1 Å². The normalized spacial score (nSPS) is 11.7. The first-order valence-corrected chi connectivity index (χ1v) is 12.9. The van der Waals surface area contributed by atoms with Gasteiger partial charge >= 0.3 is 0 Å². The van der Waals surface area contributed by atoms with Gasteiger partial charge in [-0.2, -0.15) is 0 Å². The third-order valence-corrected chi connectivity index (χ3v) is 6.05. The van der Waals surface area contributed by atoms with Gasteiger partial charge in [0.2, 0.25) is 11.8 Å². The van der Waals surface area contributed by atoms with E-state index in [9.17, 15) is 9.59 Å². The number of carbonyl (C=O) groups excluding carboxylic acids is 2. The molecule has 37 heavy (non-hydrogen) atoms. The molecule has 3 aromatic carbocycles. The zero-order valence-electron chi connectivity index (χ0n) is 22.1. The lowest BCUT2D eigenvalue weighted by Gasteiger charge is -2.32. The molecule has 6 heteroatoms. The number of methoxy groups -OCH3 is 1. The molecule has 3 aromatic rings. The summed E-state index contributed by atoms with van der Waals surface area (Å²) in [6, 6.07) is 26.3. The number of nitrogens with zero attached hydrogens (tertiary/aromatic N) is 1. The van der Waals surface area contributed by atoms with Gasteiger partial charge in [0.15, 0.2) is 0 Å². The lowest BCUT2D eigenvalue weighted by Crippen LogP contribution is -2.44. The van der Waals surface area contributed by atoms with E-state index in [-0.39, 0.29) is 17.9 Å². The van der Waals surface area contributed by atoms with E-state index in [1.807, 2.05) is 98.8 Å². The Bertz CT molecular complexity index is 1090. The van der Waals surface area contributed by atoms with Crippen molar-refractivity contribution < 1.29 is 19.1 Å². The van der Waals surface area contributed by atoms with Crippen LogP contribution in [0.5, 0.6) is 5.75 Å². The van der Waals surface area contributed by atoms with Crippen molar-refractivity contribution >= 4 is 11.8 Å². The average molecular weight is 503 g/mol. The lowest BCUT2D eigenvalue weighted by atomic mass is 10.0. The maximum atomic E-state index is 13.7. The minimum absolute atomic E-state index is 0.0770. The first kappa shape index (κ1) is 27.9. The second-order valence-corrected chi connectivity index (χ2v) is 9.23. The van der Waals surface area contributed by atoms with Crippen LogP contribution in [0.3, 0.4) is 0 Å². The van der Waals surface area contributed by atoms with E-state index >= 15 is 0 Å². The molecule has 0 saturated heterocycles. The number of aryl methyl sites for hydroxylation is 1. The third-order valence-electron chi connectivity index (χ3n) is 6.05. The van der Waals surface area contributed by atoms with Crippen LogP contribution in [-0.4, -0.2) is 43.1 Å². The molecular weight excluding hydrogens is 464 g/mol. The number of hydrogen-bond donors (Lipinski definition) is 1. The molecule has 1 atom stereocenters. The Morgan fingerprint density at radius 3 is 2.14 bits per heavy atom. The number of ether oxygens (including phenoxy) is 2. The number of benzene rings is 3. The molecule has 0 heterocycles. The van der Waals surface area contributed by atoms with Gasteiger partial charge in [-0.15, -0.1) is 0 Å². The maximum absolute atomic E-state index is 13.7. The summed E-state index contributed by atoms with van der Waals surface area (Å²) >= 11 is 0. The predicted octanol–water partition coefficient (Wildman–Crippen LogP) is 5.33. The summed E-state index contributed by atoms with van der Waals surface area (Å²) in [4.78, 5) is 29.0. The van der Waals surface area contributed by atoms with Crippen LogP contribution < -0.4 is 10.1 Å². The van der Waals surface area contributed by atoms with Crippen LogP contribution in [0, 0.1) is 0 Å². The predicted molar refractivity (Wildman–Crippen MR) is 146 cm³/mol. The van der Waals surface area contributed by atoms with Crippen molar-refractivity contribution in [2.45, 2.75) is 51.8 Å². The minimum Gasteiger partial charge on any atom is -0.497 e. The van der Waals surface area contributed by atoms with Crippen LogP contribution in [0.1, 0.15) is 49.4 Å². The van der Waals surface area contributed by atoms with Crippen molar-refractivity contribution in [1.82, 2.24) is 10.2 Å². The number of amides is 2. The minimum atomic E-state index is -0.752. The number of carbonyl (C=O) groups is 2. The second kappa shape index (κ2) is 14.8. The molecule has 196 valence electrons. The summed E-state index contributed by atoms with van der Waals surface area (Å²) in [6.45, 7) is 5.33. The average Bonchev–Trinajstić information content (AvgIpc) is 2.92. The Morgan fingerprint density at radius 1 is 0.865 bits per heavy atom. The molecule has 0 radical (unpaired) electrons. The topological polar surface area (TPSA) is 67.9 Å². The van der Waals surface area contributed by atoms with Gasteiger partial charge in [0.25, 0.3) is 0 Å². The molecule has 0 bridgehead atoms. The van der Waals surface area contributed by atoms with Crippen LogP contribution >= 0.6 is 0 Å². The molecule has 3 rings (SSSR count). The molecule has 2 amide bonds. The Labute approximate surface area is 220 Å². The van der Waals surface area contributed by atoms with Crippen LogP contribution in [0.25, 0.3) is 0 Å². The molecule has 0 aliphatic carbocycles. The smallest absolute Gasteiger partial charge is 0.247 e. The Morgan fingerprint density at radius 2 is 1.51 bits per heavy atom. The van der Waals surface area contributed by atoms with Gasteiger partial charge in [-0.3, -0.25) is 9.59 Å². The molecule has 0 spiro atoms. The molecule has 0 fully saturated rings. The van der Waals surface area contributed by atoms with E-state index in [0.29, 0.717) is 39.0 Å². The van der Waals surface area contributed by atoms with Crippen molar-refractivity contribution in [3.63, 3.8) is 0 Å². The van der Waals surface area contributed by atoms with Gasteiger partial charge in [-0.25, -0.2) is 0 Å². The van der Waals surface area contributed by atoms with Crippen molar-refractivity contribution in [2.75, 3.05) is 20.3 Å². The molecule has 0 aromatic heterocycles. The second-order valence-electron chi connectivity index (χ2n) is 9.23. The molecule has 0 saturated carbocycles. The molecule has 1 unspecified atom stereocenters. The summed E-state index contributed by atoms with van der Waals surface area (Å²) in [6.07, 6.45) is 1.76. The number of nitrogens with one attached hydrogen (secondary N) is 1. The largest absolute Gasteiger partial charge is 0.497 e.